The van der Waals surface area contributed by atoms with Crippen molar-refractivity contribution in [1.29, 1.82) is 0 Å². The quantitative estimate of drug-likeness (QED) is 0.693. The van der Waals surface area contributed by atoms with Crippen LogP contribution in [0.4, 0.5) is 0 Å². The SMILES string of the molecule is CCC(C)n1c(=O)[nH]c(C)c(Br)c1=O.Cc1[nH]c(=O)n(C(C)(C)C)c(=O)c1Cl. The number of aromatic amines is 2. The highest BCUT2D eigenvalue weighted by atomic mass is 79.9. The Morgan fingerprint density at radius 1 is 1.00 bits per heavy atom. The van der Waals surface area contributed by atoms with Crippen LogP contribution >= 0.6 is 27.5 Å². The van der Waals surface area contributed by atoms with Crippen LogP contribution in [0.1, 0.15) is 58.5 Å². The zero-order valence-electron chi connectivity index (χ0n) is 17.1. The average molecular weight is 478 g/mol. The van der Waals surface area contributed by atoms with Gasteiger partial charge in [0.15, 0.2) is 0 Å². The van der Waals surface area contributed by atoms with Crippen LogP contribution in [0, 0.1) is 13.8 Å². The number of hydrogen-bond acceptors (Lipinski definition) is 4. The number of nitrogens with one attached hydrogen (secondary N) is 2. The monoisotopic (exact) mass is 476 g/mol. The second kappa shape index (κ2) is 9.09. The molecule has 0 aliphatic rings. The first-order valence-corrected chi connectivity index (χ1v) is 9.93. The summed E-state index contributed by atoms with van der Waals surface area (Å²) in [4.78, 5) is 51.5. The summed E-state index contributed by atoms with van der Waals surface area (Å²) in [5.41, 5.74) is -1.07. The Hall–Kier alpha value is -1.87. The molecule has 28 heavy (non-hydrogen) atoms. The molecule has 10 heteroatoms. The predicted molar refractivity (Wildman–Crippen MR) is 115 cm³/mol. The van der Waals surface area contributed by atoms with Crippen LogP contribution in [-0.4, -0.2) is 19.1 Å². The molecule has 1 unspecified atom stereocenters. The number of aryl methyl sites for hydroxylation is 2. The molecule has 0 saturated heterocycles. The number of H-pyrrole nitrogens is 2. The summed E-state index contributed by atoms with van der Waals surface area (Å²) in [7, 11) is 0. The van der Waals surface area contributed by atoms with Crippen LogP contribution in [0.3, 0.4) is 0 Å². The second-order valence-corrected chi connectivity index (χ2v) is 8.65. The Morgan fingerprint density at radius 3 is 1.96 bits per heavy atom. The summed E-state index contributed by atoms with van der Waals surface area (Å²) >= 11 is 8.92. The third-order valence-corrected chi connectivity index (χ3v) is 5.55. The Morgan fingerprint density at radius 2 is 1.50 bits per heavy atom. The predicted octanol–water partition coefficient (Wildman–Crippen LogP) is 2.83. The molecule has 2 N–H and O–H groups in total. The first-order chi connectivity index (χ1) is 12.7. The van der Waals surface area contributed by atoms with Crippen LogP contribution in [0.5, 0.6) is 0 Å². The molecule has 0 aromatic carbocycles. The molecular weight excluding hydrogens is 452 g/mol. The van der Waals surface area contributed by atoms with Crippen molar-refractivity contribution in [2.45, 2.75) is 66.5 Å². The number of rotatable bonds is 2. The van der Waals surface area contributed by atoms with Gasteiger partial charge in [-0.3, -0.25) is 18.7 Å². The summed E-state index contributed by atoms with van der Waals surface area (Å²) in [6, 6.07) is -0.0804. The lowest BCUT2D eigenvalue weighted by molar-refractivity contribution is 0.366. The van der Waals surface area contributed by atoms with Gasteiger partial charge >= 0.3 is 11.4 Å². The maximum atomic E-state index is 11.7. The van der Waals surface area contributed by atoms with Crippen molar-refractivity contribution in [2.24, 2.45) is 0 Å². The van der Waals surface area contributed by atoms with E-state index < -0.39 is 16.8 Å². The van der Waals surface area contributed by atoms with Gasteiger partial charge in [0.05, 0.1) is 0 Å². The van der Waals surface area contributed by atoms with Crippen molar-refractivity contribution in [3.63, 3.8) is 0 Å². The summed E-state index contributed by atoms with van der Waals surface area (Å²) in [5.74, 6) is 0. The van der Waals surface area contributed by atoms with Gasteiger partial charge in [-0.05, 0) is 63.9 Å². The summed E-state index contributed by atoms with van der Waals surface area (Å²) < 4.78 is 2.77. The van der Waals surface area contributed by atoms with Crippen LogP contribution in [0.25, 0.3) is 0 Å². The first-order valence-electron chi connectivity index (χ1n) is 8.76. The second-order valence-electron chi connectivity index (χ2n) is 7.48. The van der Waals surface area contributed by atoms with Crippen LogP contribution in [0.15, 0.2) is 23.7 Å². The molecule has 0 aliphatic carbocycles. The van der Waals surface area contributed by atoms with Gasteiger partial charge in [-0.15, -0.1) is 0 Å². The third-order valence-electron chi connectivity index (χ3n) is 4.17. The molecule has 0 radical (unpaired) electrons. The Kier molecular flexibility index (Phi) is 7.84. The van der Waals surface area contributed by atoms with Gasteiger partial charge < -0.3 is 9.97 Å². The molecule has 2 aromatic heterocycles. The highest BCUT2D eigenvalue weighted by molar-refractivity contribution is 9.10. The Balaban J connectivity index is 0.000000280. The average Bonchev–Trinajstić information content (AvgIpc) is 2.57. The summed E-state index contributed by atoms with van der Waals surface area (Å²) in [5, 5.41) is 0.0690. The number of nitrogens with zero attached hydrogens (tertiary/aromatic N) is 2. The van der Waals surface area contributed by atoms with Gasteiger partial charge in [-0.1, -0.05) is 18.5 Å². The zero-order valence-corrected chi connectivity index (χ0v) is 19.4. The smallest absolute Gasteiger partial charge is 0.310 e. The van der Waals surface area contributed by atoms with E-state index in [4.69, 9.17) is 11.6 Å². The van der Waals surface area contributed by atoms with Gasteiger partial charge in [0.2, 0.25) is 0 Å². The van der Waals surface area contributed by atoms with E-state index in [0.29, 0.717) is 15.9 Å². The Labute approximate surface area is 175 Å². The maximum Gasteiger partial charge on any atom is 0.329 e. The fraction of sp³-hybridized carbons (Fsp3) is 0.556. The summed E-state index contributed by atoms with van der Waals surface area (Å²) in [6.45, 7) is 12.4. The molecule has 0 saturated carbocycles. The van der Waals surface area contributed by atoms with Gasteiger partial charge in [0.1, 0.15) is 9.50 Å². The third kappa shape index (κ3) is 5.14. The molecule has 2 rings (SSSR count). The maximum absolute atomic E-state index is 11.7. The molecule has 0 spiro atoms. The minimum Gasteiger partial charge on any atom is -0.310 e. The molecule has 2 aromatic rings. The largest absolute Gasteiger partial charge is 0.329 e. The van der Waals surface area contributed by atoms with E-state index in [9.17, 15) is 19.2 Å². The van der Waals surface area contributed by atoms with Gasteiger partial charge in [-0.25, -0.2) is 9.59 Å². The lowest BCUT2D eigenvalue weighted by Crippen LogP contribution is -2.45. The van der Waals surface area contributed by atoms with E-state index in [1.54, 1.807) is 34.6 Å². The molecule has 0 fully saturated rings. The summed E-state index contributed by atoms with van der Waals surface area (Å²) in [6.07, 6.45) is 0.748. The van der Waals surface area contributed by atoms with Gasteiger partial charge in [-0.2, -0.15) is 0 Å². The first kappa shape index (κ1) is 24.2. The Bertz CT molecular complexity index is 1090. The zero-order chi connectivity index (χ0) is 22.0. The van der Waals surface area contributed by atoms with Crippen molar-refractivity contribution in [1.82, 2.24) is 19.1 Å². The van der Waals surface area contributed by atoms with Crippen molar-refractivity contribution in [3.05, 3.63) is 62.6 Å². The van der Waals surface area contributed by atoms with E-state index in [2.05, 4.69) is 25.9 Å². The van der Waals surface area contributed by atoms with Crippen molar-refractivity contribution < 1.29 is 0 Å². The molecule has 156 valence electrons. The molecule has 0 amide bonds. The standard InChI is InChI=1S/C9H13BrN2O2.C9H13ClN2O2/c1-4-5(2)12-8(13)7(10)6(3)11-9(12)14;1-5-6(10)7(13)12(8(14)11-5)9(2,3)4/h5H,4H2,1-3H3,(H,11,14);1-4H3,(H,11,14). The lowest BCUT2D eigenvalue weighted by atomic mass is 10.1. The van der Waals surface area contributed by atoms with Crippen LogP contribution in [-0.2, 0) is 5.54 Å². The van der Waals surface area contributed by atoms with E-state index in [0.717, 1.165) is 11.0 Å². The molecule has 0 aliphatic heterocycles. The highest BCUT2D eigenvalue weighted by Gasteiger charge is 2.20. The van der Waals surface area contributed by atoms with E-state index in [1.807, 2.05) is 13.8 Å². The van der Waals surface area contributed by atoms with Gasteiger partial charge in [0.25, 0.3) is 11.1 Å². The number of hydrogen-bond donors (Lipinski definition) is 2. The lowest BCUT2D eigenvalue weighted by Gasteiger charge is -2.21. The number of halogens is 2. The minimum atomic E-state index is -0.567. The fourth-order valence-electron chi connectivity index (χ4n) is 2.45. The van der Waals surface area contributed by atoms with Crippen LogP contribution < -0.4 is 22.5 Å². The topological polar surface area (TPSA) is 110 Å². The van der Waals surface area contributed by atoms with E-state index >= 15 is 0 Å². The fourth-order valence-corrected chi connectivity index (χ4v) is 2.87. The highest BCUT2D eigenvalue weighted by Crippen LogP contribution is 2.11. The normalized spacial score (nSPS) is 12.3. The molecule has 2 heterocycles. The van der Waals surface area contributed by atoms with Gasteiger partial charge in [0, 0.05) is 23.0 Å². The van der Waals surface area contributed by atoms with Crippen molar-refractivity contribution in [3.8, 4) is 0 Å². The molecule has 1 atom stereocenters. The van der Waals surface area contributed by atoms with Crippen molar-refractivity contribution in [2.75, 3.05) is 0 Å². The minimum absolute atomic E-state index is 0.0690. The van der Waals surface area contributed by atoms with Crippen LogP contribution in [0.2, 0.25) is 5.02 Å². The van der Waals surface area contributed by atoms with E-state index in [-0.39, 0.29) is 22.3 Å². The molecule has 8 nitrogen and oxygen atoms in total. The van der Waals surface area contributed by atoms with Crippen molar-refractivity contribution >= 4 is 27.5 Å². The molecular formula is C18H26BrClN4O4. The molecule has 0 bridgehead atoms. The van der Waals surface area contributed by atoms with E-state index in [1.165, 1.54) is 4.57 Å². The number of aromatic nitrogens is 4.